The number of hydrogen-bond acceptors (Lipinski definition) is 5. The normalized spacial score (nSPS) is 30.4. The van der Waals surface area contributed by atoms with E-state index in [0.29, 0.717) is 13.2 Å². The smallest absolute Gasteiger partial charge is 0.154 e. The molecule has 0 saturated carbocycles. The van der Waals surface area contributed by atoms with Crippen LogP contribution in [-0.2, 0) is 24.0 Å². The Morgan fingerprint density at radius 3 is 2.44 bits per heavy atom. The van der Waals surface area contributed by atoms with Gasteiger partial charge in [-0.1, -0.05) is 22.6 Å². The van der Waals surface area contributed by atoms with E-state index in [0.717, 1.165) is 0 Å². The van der Waals surface area contributed by atoms with E-state index in [1.54, 1.807) is 14.2 Å². The number of sulfone groups is 1. The van der Waals surface area contributed by atoms with Crippen LogP contribution in [-0.4, -0.2) is 63.5 Å². The van der Waals surface area contributed by atoms with E-state index in [-0.39, 0.29) is 27.6 Å². The van der Waals surface area contributed by atoms with Gasteiger partial charge in [-0.2, -0.15) is 0 Å². The molecule has 1 fully saturated rings. The van der Waals surface area contributed by atoms with Gasteiger partial charge in [0.2, 0.25) is 0 Å². The molecule has 16 heavy (non-hydrogen) atoms. The lowest BCUT2D eigenvalue weighted by molar-refractivity contribution is -0.0464. The van der Waals surface area contributed by atoms with Crippen LogP contribution in [0, 0.1) is 0 Å². The van der Waals surface area contributed by atoms with Crippen LogP contribution in [0.1, 0.15) is 0 Å². The fourth-order valence-electron chi connectivity index (χ4n) is 1.53. The minimum atomic E-state index is -2.92. The van der Waals surface area contributed by atoms with Crippen LogP contribution in [0.2, 0.25) is 0 Å². The van der Waals surface area contributed by atoms with E-state index < -0.39 is 9.84 Å². The Labute approximate surface area is 110 Å². The van der Waals surface area contributed by atoms with Gasteiger partial charge in [-0.15, -0.1) is 0 Å². The summed E-state index contributed by atoms with van der Waals surface area (Å²) in [4.78, 5) is 0. The van der Waals surface area contributed by atoms with Gasteiger partial charge in [-0.05, 0) is 0 Å². The first-order chi connectivity index (χ1) is 7.48. The van der Waals surface area contributed by atoms with Gasteiger partial charge in [0.25, 0.3) is 0 Å². The second kappa shape index (κ2) is 6.48. The largest absolute Gasteiger partial charge is 0.382 e. The maximum absolute atomic E-state index is 11.4. The average molecular weight is 364 g/mol. The van der Waals surface area contributed by atoms with Gasteiger partial charge in [0, 0.05) is 14.2 Å². The van der Waals surface area contributed by atoms with Crippen molar-refractivity contribution in [3.63, 3.8) is 0 Å². The minimum Gasteiger partial charge on any atom is -0.382 e. The van der Waals surface area contributed by atoms with Crippen molar-refractivity contribution in [2.24, 2.45) is 0 Å². The molecule has 1 aliphatic rings. The molecular formula is C9H17IO5S. The quantitative estimate of drug-likeness (QED) is 0.500. The molecule has 0 aromatic rings. The third-order valence-corrected chi connectivity index (χ3v) is 5.96. The minimum absolute atomic E-state index is 0.0302. The molecule has 0 aliphatic carbocycles. The molecule has 0 N–H and O–H groups in total. The molecule has 0 aromatic carbocycles. The highest BCUT2D eigenvalue weighted by molar-refractivity contribution is 14.1. The number of methoxy groups -OCH3 is 2. The van der Waals surface area contributed by atoms with Gasteiger partial charge >= 0.3 is 0 Å². The standard InChI is InChI=1S/C9H17IO5S/c1-13-3-7(14-2)4-15-9-6-16(11,12)5-8(9)10/h7-9H,3-6H2,1-2H3. The van der Waals surface area contributed by atoms with Crippen molar-refractivity contribution in [3.05, 3.63) is 0 Å². The first kappa shape index (κ1) is 14.6. The average Bonchev–Trinajstić information content (AvgIpc) is 2.46. The lowest BCUT2D eigenvalue weighted by Gasteiger charge is -2.19. The van der Waals surface area contributed by atoms with E-state index in [9.17, 15) is 8.42 Å². The van der Waals surface area contributed by atoms with E-state index >= 15 is 0 Å². The fourth-order valence-corrected chi connectivity index (χ4v) is 5.64. The Kier molecular flexibility index (Phi) is 5.92. The van der Waals surface area contributed by atoms with Crippen molar-refractivity contribution in [2.75, 3.05) is 38.9 Å². The molecule has 1 saturated heterocycles. The zero-order valence-electron chi connectivity index (χ0n) is 9.39. The highest BCUT2D eigenvalue weighted by Crippen LogP contribution is 2.23. The number of hydrogen-bond donors (Lipinski definition) is 0. The number of ether oxygens (including phenoxy) is 3. The summed E-state index contributed by atoms with van der Waals surface area (Å²) in [5, 5.41) is 0. The Morgan fingerprint density at radius 2 is 2.00 bits per heavy atom. The Hall–Kier alpha value is 0.560. The Morgan fingerprint density at radius 1 is 1.31 bits per heavy atom. The fraction of sp³-hybridized carbons (Fsp3) is 1.00. The summed E-state index contributed by atoms with van der Waals surface area (Å²) < 4.78 is 38.4. The van der Waals surface area contributed by atoms with E-state index in [4.69, 9.17) is 14.2 Å². The Balaban J connectivity index is 2.38. The molecule has 7 heteroatoms. The van der Waals surface area contributed by atoms with Gasteiger partial charge in [-0.25, -0.2) is 8.42 Å². The van der Waals surface area contributed by atoms with Crippen molar-refractivity contribution in [3.8, 4) is 0 Å². The second-order valence-electron chi connectivity index (χ2n) is 3.78. The SMILES string of the molecule is COCC(COC1CS(=O)(=O)CC1I)OC. The lowest BCUT2D eigenvalue weighted by atomic mass is 10.3. The molecular weight excluding hydrogens is 347 g/mol. The van der Waals surface area contributed by atoms with Crippen molar-refractivity contribution in [1.82, 2.24) is 0 Å². The van der Waals surface area contributed by atoms with Crippen molar-refractivity contribution < 1.29 is 22.6 Å². The molecule has 1 heterocycles. The monoisotopic (exact) mass is 364 g/mol. The lowest BCUT2D eigenvalue weighted by Crippen LogP contribution is -2.30. The third-order valence-electron chi connectivity index (χ3n) is 2.42. The molecule has 1 rings (SSSR count). The summed E-state index contributed by atoms with van der Waals surface area (Å²) in [6.07, 6.45) is -0.364. The predicted octanol–water partition coefficient (Wildman–Crippen LogP) is 0.265. The summed E-state index contributed by atoms with van der Waals surface area (Å²) in [6, 6.07) is 0. The highest BCUT2D eigenvalue weighted by Gasteiger charge is 2.37. The Bertz CT molecular complexity index is 305. The summed E-state index contributed by atoms with van der Waals surface area (Å²) in [7, 11) is 0.258. The highest BCUT2D eigenvalue weighted by atomic mass is 127. The number of alkyl halides is 1. The number of halogens is 1. The summed E-state index contributed by atoms with van der Waals surface area (Å²) in [5.41, 5.74) is 0. The first-order valence-corrected chi connectivity index (χ1v) is 8.03. The summed E-state index contributed by atoms with van der Waals surface area (Å²) >= 11 is 2.12. The molecule has 0 amide bonds. The van der Waals surface area contributed by atoms with Crippen LogP contribution in [0.4, 0.5) is 0 Å². The van der Waals surface area contributed by atoms with Gasteiger partial charge in [-0.3, -0.25) is 0 Å². The van der Waals surface area contributed by atoms with Crippen molar-refractivity contribution >= 4 is 32.4 Å². The molecule has 3 unspecified atom stereocenters. The first-order valence-electron chi connectivity index (χ1n) is 4.96. The van der Waals surface area contributed by atoms with Gasteiger partial charge in [0.1, 0.15) is 6.10 Å². The van der Waals surface area contributed by atoms with Gasteiger partial charge in [0.15, 0.2) is 9.84 Å². The molecule has 0 bridgehead atoms. The van der Waals surface area contributed by atoms with E-state index in [1.165, 1.54) is 0 Å². The topological polar surface area (TPSA) is 61.8 Å². The summed E-state index contributed by atoms with van der Waals surface area (Å²) in [5.74, 6) is 0.324. The zero-order valence-corrected chi connectivity index (χ0v) is 12.4. The molecule has 3 atom stereocenters. The van der Waals surface area contributed by atoms with Crippen molar-refractivity contribution in [1.29, 1.82) is 0 Å². The zero-order chi connectivity index (χ0) is 12.2. The van der Waals surface area contributed by atoms with Gasteiger partial charge in [0.05, 0.1) is 34.7 Å². The molecule has 0 aromatic heterocycles. The second-order valence-corrected chi connectivity index (χ2v) is 7.53. The van der Waals surface area contributed by atoms with Crippen LogP contribution < -0.4 is 0 Å². The van der Waals surface area contributed by atoms with E-state index in [1.807, 2.05) is 0 Å². The van der Waals surface area contributed by atoms with E-state index in [2.05, 4.69) is 22.6 Å². The molecule has 5 nitrogen and oxygen atoms in total. The molecule has 0 spiro atoms. The summed E-state index contributed by atoms with van der Waals surface area (Å²) in [6.45, 7) is 0.811. The van der Waals surface area contributed by atoms with Crippen LogP contribution in [0.15, 0.2) is 0 Å². The maximum Gasteiger partial charge on any atom is 0.154 e. The van der Waals surface area contributed by atoms with Gasteiger partial charge < -0.3 is 14.2 Å². The molecule has 1 aliphatic heterocycles. The van der Waals surface area contributed by atoms with Crippen LogP contribution >= 0.6 is 22.6 Å². The maximum atomic E-state index is 11.4. The predicted molar refractivity (Wildman–Crippen MR) is 68.9 cm³/mol. The third kappa shape index (κ3) is 4.44. The number of rotatable bonds is 6. The van der Waals surface area contributed by atoms with Crippen molar-refractivity contribution in [2.45, 2.75) is 16.1 Å². The van der Waals surface area contributed by atoms with Crippen LogP contribution in [0.5, 0.6) is 0 Å². The molecule has 0 radical (unpaired) electrons. The molecule has 96 valence electrons. The van der Waals surface area contributed by atoms with Crippen LogP contribution in [0.3, 0.4) is 0 Å². The van der Waals surface area contributed by atoms with Crippen LogP contribution in [0.25, 0.3) is 0 Å².